The van der Waals surface area contributed by atoms with E-state index in [1.165, 1.54) is 45.3 Å². The lowest BCUT2D eigenvalue weighted by Gasteiger charge is -2.15. The maximum absolute atomic E-state index is 14.3. The van der Waals surface area contributed by atoms with Gasteiger partial charge in [-0.15, -0.1) is 0 Å². The number of carbonyl (C=O) groups is 1. The summed E-state index contributed by atoms with van der Waals surface area (Å²) in [6.07, 6.45) is 0. The third-order valence-electron chi connectivity index (χ3n) is 4.46. The fraction of sp³-hybridized carbons (Fsp3) is 0.200. The third kappa shape index (κ3) is 4.09. The number of sulfonamides is 1. The summed E-state index contributed by atoms with van der Waals surface area (Å²) in [6.45, 7) is 1.45. The van der Waals surface area contributed by atoms with E-state index in [2.05, 4.69) is 10.5 Å². The Labute approximate surface area is 178 Å². The van der Waals surface area contributed by atoms with Gasteiger partial charge in [0.2, 0.25) is 10.0 Å². The average molecular weight is 452 g/mol. The van der Waals surface area contributed by atoms with Crippen molar-refractivity contribution >= 4 is 27.5 Å². The van der Waals surface area contributed by atoms with E-state index in [4.69, 9.17) is 16.1 Å². The number of aromatic nitrogens is 1. The van der Waals surface area contributed by atoms with Gasteiger partial charge >= 0.3 is 0 Å². The molecular weight excluding hydrogens is 433 g/mol. The molecule has 0 aliphatic rings. The monoisotopic (exact) mass is 451 g/mol. The van der Waals surface area contributed by atoms with Crippen molar-refractivity contribution in [2.24, 2.45) is 0 Å². The summed E-state index contributed by atoms with van der Waals surface area (Å²) >= 11 is 6.10. The molecular formula is C20H19ClFN3O4S. The quantitative estimate of drug-likeness (QED) is 0.617. The zero-order chi connectivity index (χ0) is 22.1. The van der Waals surface area contributed by atoms with Gasteiger partial charge in [-0.2, -0.15) is 0 Å². The molecule has 3 aromatic rings. The van der Waals surface area contributed by atoms with Crippen LogP contribution < -0.4 is 5.32 Å². The lowest BCUT2D eigenvalue weighted by molar-refractivity contribution is 0.0949. The third-order valence-corrected chi connectivity index (χ3v) is 6.69. The van der Waals surface area contributed by atoms with Crippen LogP contribution in [0.25, 0.3) is 11.3 Å². The molecule has 0 radical (unpaired) electrons. The minimum Gasteiger partial charge on any atom is -0.360 e. The molecule has 3 rings (SSSR count). The van der Waals surface area contributed by atoms with Crippen LogP contribution in [0.4, 0.5) is 4.39 Å². The Bertz CT molecular complexity index is 1190. The van der Waals surface area contributed by atoms with Gasteiger partial charge in [0, 0.05) is 20.6 Å². The van der Waals surface area contributed by atoms with Crippen LogP contribution in [0.5, 0.6) is 0 Å². The highest BCUT2D eigenvalue weighted by molar-refractivity contribution is 7.89. The number of nitrogens with zero attached hydrogens (tertiary/aromatic N) is 2. The molecule has 30 heavy (non-hydrogen) atoms. The van der Waals surface area contributed by atoms with Crippen LogP contribution in [-0.2, 0) is 16.6 Å². The summed E-state index contributed by atoms with van der Waals surface area (Å²) in [5, 5.41) is 6.54. The SMILES string of the molecule is Cc1onc(-c2c(F)cccc2Cl)c1C(=O)NCc1ccccc1S(=O)(=O)N(C)C. The van der Waals surface area contributed by atoms with Gasteiger partial charge in [0.1, 0.15) is 22.8 Å². The molecule has 1 aromatic heterocycles. The molecule has 0 bridgehead atoms. The van der Waals surface area contributed by atoms with Crippen LogP contribution in [0, 0.1) is 12.7 Å². The number of benzene rings is 2. The van der Waals surface area contributed by atoms with Gasteiger partial charge in [0.05, 0.1) is 15.5 Å². The smallest absolute Gasteiger partial charge is 0.257 e. The second-order valence-electron chi connectivity index (χ2n) is 6.64. The van der Waals surface area contributed by atoms with Crippen LogP contribution >= 0.6 is 11.6 Å². The Balaban J connectivity index is 1.93. The van der Waals surface area contributed by atoms with Gasteiger partial charge in [-0.3, -0.25) is 4.79 Å². The molecule has 0 spiro atoms. The lowest BCUT2D eigenvalue weighted by Crippen LogP contribution is -2.27. The standard InChI is InChI=1S/C20H19ClFN3O4S/c1-12-17(19(24-29-12)18-14(21)8-6-9-15(18)22)20(26)23-11-13-7-4-5-10-16(13)30(27,28)25(2)3/h4-10H,11H2,1-3H3,(H,23,26). The summed E-state index contributed by atoms with van der Waals surface area (Å²) in [7, 11) is -0.843. The minimum absolute atomic E-state index is 0.0231. The van der Waals surface area contributed by atoms with Crippen LogP contribution in [0.3, 0.4) is 0 Å². The molecule has 7 nitrogen and oxygen atoms in total. The van der Waals surface area contributed by atoms with E-state index >= 15 is 0 Å². The lowest BCUT2D eigenvalue weighted by atomic mass is 10.0. The summed E-state index contributed by atoms with van der Waals surface area (Å²) in [4.78, 5) is 13.0. The predicted molar refractivity (Wildman–Crippen MR) is 110 cm³/mol. The van der Waals surface area contributed by atoms with Crippen LogP contribution in [-0.4, -0.2) is 37.9 Å². The molecule has 0 unspecified atom stereocenters. The van der Waals surface area contributed by atoms with Crippen molar-refractivity contribution in [2.45, 2.75) is 18.4 Å². The van der Waals surface area contributed by atoms with E-state index in [0.717, 1.165) is 4.31 Å². The van der Waals surface area contributed by atoms with E-state index in [1.54, 1.807) is 18.2 Å². The van der Waals surface area contributed by atoms with Crippen molar-refractivity contribution in [1.29, 1.82) is 0 Å². The summed E-state index contributed by atoms with van der Waals surface area (Å²) in [5.41, 5.74) is 0.355. The Morgan fingerprint density at radius 3 is 2.57 bits per heavy atom. The zero-order valence-electron chi connectivity index (χ0n) is 16.4. The molecule has 0 aliphatic carbocycles. The number of aryl methyl sites for hydroxylation is 1. The van der Waals surface area contributed by atoms with E-state index in [9.17, 15) is 17.6 Å². The van der Waals surface area contributed by atoms with Gasteiger partial charge in [-0.05, 0) is 30.7 Å². The normalized spacial score (nSPS) is 11.7. The molecule has 1 heterocycles. The summed E-state index contributed by atoms with van der Waals surface area (Å²) < 4.78 is 45.6. The largest absolute Gasteiger partial charge is 0.360 e. The van der Waals surface area contributed by atoms with Crippen molar-refractivity contribution < 1.29 is 22.1 Å². The molecule has 0 atom stereocenters. The Morgan fingerprint density at radius 2 is 1.90 bits per heavy atom. The second-order valence-corrected chi connectivity index (χ2v) is 9.16. The van der Waals surface area contributed by atoms with Gasteiger partial charge < -0.3 is 9.84 Å². The first-order chi connectivity index (χ1) is 14.1. The number of nitrogens with one attached hydrogen (secondary N) is 1. The first kappa shape index (κ1) is 21.9. The van der Waals surface area contributed by atoms with Gasteiger partial charge in [0.25, 0.3) is 5.91 Å². The van der Waals surface area contributed by atoms with Gasteiger partial charge in [-0.25, -0.2) is 17.1 Å². The highest BCUT2D eigenvalue weighted by Crippen LogP contribution is 2.33. The zero-order valence-corrected chi connectivity index (χ0v) is 18.0. The maximum atomic E-state index is 14.3. The minimum atomic E-state index is -3.70. The summed E-state index contributed by atoms with van der Waals surface area (Å²) in [6, 6.07) is 10.5. The first-order valence-corrected chi connectivity index (χ1v) is 10.7. The van der Waals surface area contributed by atoms with Crippen LogP contribution in [0.2, 0.25) is 5.02 Å². The summed E-state index contributed by atoms with van der Waals surface area (Å²) in [5.74, 6) is -1.07. The molecule has 0 fully saturated rings. The van der Waals surface area contributed by atoms with Crippen molar-refractivity contribution in [3.8, 4) is 11.3 Å². The Kier molecular flexibility index (Phi) is 6.25. The number of carbonyl (C=O) groups excluding carboxylic acids is 1. The molecule has 1 amide bonds. The average Bonchev–Trinajstić information content (AvgIpc) is 3.07. The number of hydrogen-bond donors (Lipinski definition) is 1. The predicted octanol–water partition coefficient (Wildman–Crippen LogP) is 3.62. The molecule has 0 saturated carbocycles. The van der Waals surface area contributed by atoms with Crippen molar-refractivity contribution in [3.63, 3.8) is 0 Å². The number of halogens is 2. The topological polar surface area (TPSA) is 92.5 Å². The van der Waals surface area contributed by atoms with E-state index in [-0.39, 0.29) is 39.0 Å². The van der Waals surface area contributed by atoms with E-state index in [1.807, 2.05) is 0 Å². The fourth-order valence-electron chi connectivity index (χ4n) is 2.90. The highest BCUT2D eigenvalue weighted by atomic mass is 35.5. The fourth-order valence-corrected chi connectivity index (χ4v) is 4.26. The molecule has 158 valence electrons. The Hall–Kier alpha value is -2.75. The van der Waals surface area contributed by atoms with E-state index < -0.39 is 21.7 Å². The second kappa shape index (κ2) is 8.55. The molecule has 10 heteroatoms. The number of hydrogen-bond acceptors (Lipinski definition) is 5. The van der Waals surface area contributed by atoms with Gasteiger partial charge in [-0.1, -0.05) is 41.0 Å². The van der Waals surface area contributed by atoms with Crippen molar-refractivity contribution in [3.05, 3.63) is 70.2 Å². The van der Waals surface area contributed by atoms with Crippen LogP contribution in [0.1, 0.15) is 21.7 Å². The maximum Gasteiger partial charge on any atom is 0.257 e. The highest BCUT2D eigenvalue weighted by Gasteiger charge is 2.26. The van der Waals surface area contributed by atoms with Crippen molar-refractivity contribution in [2.75, 3.05) is 14.1 Å². The Morgan fingerprint density at radius 1 is 1.20 bits per heavy atom. The van der Waals surface area contributed by atoms with Crippen molar-refractivity contribution in [1.82, 2.24) is 14.8 Å². The van der Waals surface area contributed by atoms with E-state index in [0.29, 0.717) is 5.56 Å². The van der Waals surface area contributed by atoms with Crippen LogP contribution in [0.15, 0.2) is 51.9 Å². The van der Waals surface area contributed by atoms with Gasteiger partial charge in [0.15, 0.2) is 0 Å². The molecule has 0 aliphatic heterocycles. The molecule has 1 N–H and O–H groups in total. The number of rotatable bonds is 6. The first-order valence-electron chi connectivity index (χ1n) is 8.84. The molecule has 2 aromatic carbocycles. The molecule has 0 saturated heterocycles. The number of amides is 1.